The van der Waals surface area contributed by atoms with E-state index in [-0.39, 0.29) is 23.7 Å². The molecule has 0 amide bonds. The Morgan fingerprint density at radius 1 is 1.03 bits per heavy atom. The van der Waals surface area contributed by atoms with Gasteiger partial charge in [-0.15, -0.1) is 0 Å². The zero-order valence-electron chi connectivity index (χ0n) is 22.4. The van der Waals surface area contributed by atoms with Crippen molar-refractivity contribution < 1.29 is 14.7 Å². The molecule has 1 aromatic carbocycles. The van der Waals surface area contributed by atoms with E-state index in [0.29, 0.717) is 23.6 Å². The zero-order valence-corrected chi connectivity index (χ0v) is 22.4. The van der Waals surface area contributed by atoms with Gasteiger partial charge < -0.3 is 14.5 Å². The number of hydrogen-bond acceptors (Lipinski definition) is 6. The molecule has 8 nitrogen and oxygen atoms in total. The first-order chi connectivity index (χ1) is 18.5. The molecule has 2 saturated carbocycles. The summed E-state index contributed by atoms with van der Waals surface area (Å²) in [5, 5.41) is 13.7. The highest BCUT2D eigenvalue weighted by molar-refractivity contribution is 5.81. The fourth-order valence-electron chi connectivity index (χ4n) is 8.45. The van der Waals surface area contributed by atoms with Crippen LogP contribution < -0.4 is 5.56 Å². The Hall–Kier alpha value is -2.74. The first-order valence-corrected chi connectivity index (χ1v) is 14.6. The predicted octanol–water partition coefficient (Wildman–Crippen LogP) is 5.11. The van der Waals surface area contributed by atoms with Crippen molar-refractivity contribution >= 4 is 23.2 Å². The number of carbonyl (C=O) groups is 1. The van der Waals surface area contributed by atoms with Crippen molar-refractivity contribution in [2.24, 2.45) is 17.0 Å². The number of aromatic nitrogens is 2. The standard InChI is InChI=1S/C30H40N4O4/c1-38-31-13-12-25(30(36)37)28-29(35)34(27-11-3-2-10-26(27)32-28)24-17-21-8-5-9-22(18-24)33(21)23-15-19-6-4-7-20(14-19)16-23/h2-3,10-11,13,19-25H,4-9,12,14-18H2,1H3,(H,36,37)/t19?,20?,21-,22?,23?,24?,25?/m0/s1. The minimum atomic E-state index is -1.08. The van der Waals surface area contributed by atoms with Gasteiger partial charge in [-0.25, -0.2) is 4.98 Å². The number of carboxylic acid groups (broad SMARTS) is 1. The van der Waals surface area contributed by atoms with Crippen molar-refractivity contribution in [3.05, 3.63) is 40.3 Å². The summed E-state index contributed by atoms with van der Waals surface area (Å²) >= 11 is 0. The number of hydrogen-bond donors (Lipinski definition) is 1. The number of oxime groups is 1. The molecule has 6 rings (SSSR count). The molecular weight excluding hydrogens is 480 g/mol. The van der Waals surface area contributed by atoms with Gasteiger partial charge >= 0.3 is 5.97 Å². The molecule has 2 aliphatic carbocycles. The predicted molar refractivity (Wildman–Crippen MR) is 147 cm³/mol. The van der Waals surface area contributed by atoms with Crippen LogP contribution in [0.25, 0.3) is 11.0 Å². The van der Waals surface area contributed by atoms with E-state index in [1.165, 1.54) is 71.1 Å². The molecule has 1 N–H and O–H groups in total. The number of nitrogens with zero attached hydrogens (tertiary/aromatic N) is 4. The van der Waals surface area contributed by atoms with E-state index >= 15 is 0 Å². The summed E-state index contributed by atoms with van der Waals surface area (Å²) in [6, 6.07) is 9.39. The van der Waals surface area contributed by atoms with Gasteiger partial charge in [0.2, 0.25) is 0 Å². The molecule has 2 saturated heterocycles. The van der Waals surface area contributed by atoms with E-state index in [9.17, 15) is 14.7 Å². The summed E-state index contributed by atoms with van der Waals surface area (Å²) in [4.78, 5) is 38.5. The summed E-state index contributed by atoms with van der Waals surface area (Å²) in [7, 11) is 1.41. The highest BCUT2D eigenvalue weighted by Gasteiger charge is 2.45. The Balaban J connectivity index is 1.35. The molecule has 2 aliphatic heterocycles. The minimum Gasteiger partial charge on any atom is -0.481 e. The average Bonchev–Trinajstić information content (AvgIpc) is 2.90. The summed E-state index contributed by atoms with van der Waals surface area (Å²) in [5.41, 5.74) is 1.29. The second-order valence-corrected chi connectivity index (χ2v) is 12.1. The summed E-state index contributed by atoms with van der Waals surface area (Å²) in [5.74, 6) is -0.350. The summed E-state index contributed by atoms with van der Waals surface area (Å²) < 4.78 is 1.90. The molecule has 2 aromatic rings. The molecule has 8 heteroatoms. The van der Waals surface area contributed by atoms with Gasteiger partial charge in [0, 0.05) is 36.8 Å². The van der Waals surface area contributed by atoms with Crippen LogP contribution in [-0.2, 0) is 9.63 Å². The van der Waals surface area contributed by atoms with Crippen LogP contribution in [0.3, 0.4) is 0 Å². The van der Waals surface area contributed by atoms with E-state index < -0.39 is 11.9 Å². The molecule has 1 aromatic heterocycles. The molecule has 204 valence electrons. The molecule has 4 bridgehead atoms. The molecule has 6 atom stereocenters. The van der Waals surface area contributed by atoms with Crippen LogP contribution in [0.5, 0.6) is 0 Å². The maximum Gasteiger partial charge on any atom is 0.313 e. The number of benzene rings is 1. The Labute approximate surface area is 224 Å². The first-order valence-electron chi connectivity index (χ1n) is 14.6. The van der Waals surface area contributed by atoms with E-state index in [2.05, 4.69) is 15.0 Å². The van der Waals surface area contributed by atoms with Crippen molar-refractivity contribution in [3.8, 4) is 0 Å². The largest absolute Gasteiger partial charge is 0.481 e. The van der Waals surface area contributed by atoms with Crippen LogP contribution in [-0.4, -0.2) is 57.0 Å². The average molecular weight is 521 g/mol. The molecule has 38 heavy (non-hydrogen) atoms. The maximum atomic E-state index is 14.0. The zero-order chi connectivity index (χ0) is 26.2. The van der Waals surface area contributed by atoms with Crippen LogP contribution >= 0.6 is 0 Å². The monoisotopic (exact) mass is 520 g/mol. The van der Waals surface area contributed by atoms with Crippen LogP contribution in [0, 0.1) is 11.8 Å². The Morgan fingerprint density at radius 2 is 1.71 bits per heavy atom. The fourth-order valence-corrected chi connectivity index (χ4v) is 8.45. The van der Waals surface area contributed by atoms with Crippen molar-refractivity contribution in [2.75, 3.05) is 7.11 Å². The third-order valence-electron chi connectivity index (χ3n) is 9.86. The van der Waals surface area contributed by atoms with Gasteiger partial charge in [0.1, 0.15) is 18.7 Å². The normalized spacial score (nSPS) is 32.3. The van der Waals surface area contributed by atoms with Gasteiger partial charge in [-0.1, -0.05) is 43.0 Å². The van der Waals surface area contributed by atoms with E-state index in [1.807, 2.05) is 28.8 Å². The molecule has 4 aliphatic rings. The van der Waals surface area contributed by atoms with Gasteiger partial charge in [-0.05, 0) is 68.9 Å². The van der Waals surface area contributed by atoms with Gasteiger partial charge in [-0.3, -0.25) is 14.5 Å². The van der Waals surface area contributed by atoms with Gasteiger partial charge in [0.15, 0.2) is 0 Å². The van der Waals surface area contributed by atoms with Crippen LogP contribution in [0.4, 0.5) is 0 Å². The van der Waals surface area contributed by atoms with E-state index in [4.69, 9.17) is 4.84 Å². The van der Waals surface area contributed by atoms with Crippen molar-refractivity contribution in [1.29, 1.82) is 0 Å². The highest BCUT2D eigenvalue weighted by Crippen LogP contribution is 2.47. The molecule has 4 fully saturated rings. The number of para-hydroxylation sites is 2. The fraction of sp³-hybridized carbons (Fsp3) is 0.667. The van der Waals surface area contributed by atoms with Crippen LogP contribution in [0.2, 0.25) is 0 Å². The topological polar surface area (TPSA) is 97.0 Å². The van der Waals surface area contributed by atoms with Crippen LogP contribution in [0.15, 0.2) is 34.2 Å². The number of fused-ring (bicyclic) bond motifs is 5. The molecule has 0 spiro atoms. The number of carboxylic acids is 1. The summed E-state index contributed by atoms with van der Waals surface area (Å²) in [6.45, 7) is 0. The van der Waals surface area contributed by atoms with Gasteiger partial charge in [0.05, 0.1) is 11.0 Å². The number of aliphatic carboxylic acids is 1. The molecule has 0 radical (unpaired) electrons. The second-order valence-electron chi connectivity index (χ2n) is 12.1. The Kier molecular flexibility index (Phi) is 7.25. The highest BCUT2D eigenvalue weighted by atomic mass is 16.6. The van der Waals surface area contributed by atoms with E-state index in [0.717, 1.165) is 30.2 Å². The molecular formula is C30H40N4O4. The lowest BCUT2D eigenvalue weighted by molar-refractivity contribution is -0.138. The van der Waals surface area contributed by atoms with E-state index in [1.54, 1.807) is 0 Å². The Bertz CT molecular complexity index is 1230. The Morgan fingerprint density at radius 3 is 2.39 bits per heavy atom. The van der Waals surface area contributed by atoms with Crippen molar-refractivity contribution in [1.82, 2.24) is 14.5 Å². The van der Waals surface area contributed by atoms with Crippen molar-refractivity contribution in [2.45, 2.75) is 107 Å². The quantitative estimate of drug-likeness (QED) is 0.402. The lowest BCUT2D eigenvalue weighted by Crippen LogP contribution is -2.58. The first kappa shape index (κ1) is 25.5. The maximum absolute atomic E-state index is 14.0. The SMILES string of the molecule is CON=CCC(C(=O)O)c1nc2ccccc2n(C2CC3CCC[C@@H](C2)N3C2CC3CCCC(C3)C2)c1=O. The lowest BCUT2D eigenvalue weighted by atomic mass is 9.68. The smallest absolute Gasteiger partial charge is 0.313 e. The lowest BCUT2D eigenvalue weighted by Gasteiger charge is -2.55. The minimum absolute atomic E-state index is 0.0471. The third-order valence-corrected chi connectivity index (χ3v) is 9.86. The second kappa shape index (κ2) is 10.8. The number of piperidine rings is 2. The molecule has 5 unspecified atom stereocenters. The number of rotatable bonds is 7. The van der Waals surface area contributed by atoms with Crippen molar-refractivity contribution in [3.63, 3.8) is 0 Å². The third kappa shape index (κ3) is 4.76. The van der Waals surface area contributed by atoms with Gasteiger partial charge in [0.25, 0.3) is 5.56 Å². The van der Waals surface area contributed by atoms with Crippen LogP contribution in [0.1, 0.15) is 94.7 Å². The molecule has 3 heterocycles. The summed E-state index contributed by atoms with van der Waals surface area (Å²) in [6.07, 6.45) is 15.3. The van der Waals surface area contributed by atoms with Gasteiger partial charge in [-0.2, -0.15) is 0 Å².